The summed E-state index contributed by atoms with van der Waals surface area (Å²) in [6, 6.07) is 24.3. The molecule has 4 nitrogen and oxygen atoms in total. The van der Waals surface area contributed by atoms with E-state index in [0.717, 1.165) is 22.4 Å². The van der Waals surface area contributed by atoms with Gasteiger partial charge in [0.25, 0.3) is 5.91 Å². The Morgan fingerprint density at radius 1 is 0.969 bits per heavy atom. The molecule has 1 aromatic heterocycles. The smallest absolute Gasteiger partial charge is 0.251 e. The summed E-state index contributed by atoms with van der Waals surface area (Å²) in [6.45, 7) is 11.4. The molecule has 0 saturated carbocycles. The molecule has 3 aromatic carbocycles. The number of nitrogens with zero attached hydrogens (tertiary/aromatic N) is 2. The van der Waals surface area contributed by atoms with Gasteiger partial charge in [0.1, 0.15) is 5.82 Å². The molecular weight excluding hydrogens is 394 g/mol. The first-order valence-electron chi connectivity index (χ1n) is 11.1. The van der Waals surface area contributed by atoms with E-state index >= 15 is 0 Å². The highest BCUT2D eigenvalue weighted by Crippen LogP contribution is 2.25. The lowest BCUT2D eigenvalue weighted by Crippen LogP contribution is -2.28. The summed E-state index contributed by atoms with van der Waals surface area (Å²) in [4.78, 5) is 17.7. The standard InChI is InChI=1S/C28H31N3O/c1-19-10-14-22(15-11-19)27(32)29-20(2)26-30-24-8-6-7-9-25(24)31(26)18-21-12-16-23(17-13-21)28(3,4)5/h6-17,20H,18H2,1-5H3,(H,29,32). The Kier molecular flexibility index (Phi) is 5.88. The van der Waals surface area contributed by atoms with Crippen LogP contribution in [0.1, 0.15) is 66.6 Å². The number of aryl methyl sites for hydroxylation is 1. The maximum absolute atomic E-state index is 12.8. The van der Waals surface area contributed by atoms with Crippen LogP contribution in [-0.4, -0.2) is 15.5 Å². The summed E-state index contributed by atoms with van der Waals surface area (Å²) < 4.78 is 2.21. The highest BCUT2D eigenvalue weighted by molar-refractivity contribution is 5.94. The first-order valence-corrected chi connectivity index (χ1v) is 11.1. The van der Waals surface area contributed by atoms with Crippen LogP contribution in [0.5, 0.6) is 0 Å². The predicted molar refractivity (Wildman–Crippen MR) is 131 cm³/mol. The number of amides is 1. The number of fused-ring (bicyclic) bond motifs is 1. The molecule has 1 amide bonds. The number of hydrogen-bond acceptors (Lipinski definition) is 2. The van der Waals surface area contributed by atoms with Gasteiger partial charge < -0.3 is 9.88 Å². The first kappa shape index (κ1) is 21.8. The van der Waals surface area contributed by atoms with Gasteiger partial charge in [0.15, 0.2) is 0 Å². The van der Waals surface area contributed by atoms with Gasteiger partial charge in [-0.15, -0.1) is 0 Å². The normalized spacial score (nSPS) is 12.7. The highest BCUT2D eigenvalue weighted by atomic mass is 16.1. The summed E-state index contributed by atoms with van der Waals surface area (Å²) in [5.41, 5.74) is 6.44. The Bertz CT molecular complexity index is 1230. The van der Waals surface area contributed by atoms with Crippen molar-refractivity contribution in [2.24, 2.45) is 0 Å². The lowest BCUT2D eigenvalue weighted by molar-refractivity contribution is 0.0937. The molecule has 1 unspecified atom stereocenters. The van der Waals surface area contributed by atoms with Crippen LogP contribution >= 0.6 is 0 Å². The monoisotopic (exact) mass is 425 g/mol. The van der Waals surface area contributed by atoms with Gasteiger partial charge in [-0.3, -0.25) is 4.79 Å². The van der Waals surface area contributed by atoms with E-state index in [1.807, 2.05) is 56.3 Å². The number of imidazole rings is 1. The maximum atomic E-state index is 12.8. The summed E-state index contributed by atoms with van der Waals surface area (Å²) in [5.74, 6) is 0.761. The fourth-order valence-electron chi connectivity index (χ4n) is 3.93. The quantitative estimate of drug-likeness (QED) is 0.415. The largest absolute Gasteiger partial charge is 0.342 e. The van der Waals surface area contributed by atoms with Gasteiger partial charge in [-0.05, 0) is 54.7 Å². The average Bonchev–Trinajstić information content (AvgIpc) is 3.12. The number of aromatic nitrogens is 2. The van der Waals surface area contributed by atoms with E-state index in [9.17, 15) is 4.79 Å². The summed E-state index contributed by atoms with van der Waals surface area (Å²) in [7, 11) is 0. The van der Waals surface area contributed by atoms with Crippen molar-refractivity contribution in [2.45, 2.75) is 52.6 Å². The minimum absolute atomic E-state index is 0.0920. The lowest BCUT2D eigenvalue weighted by Gasteiger charge is -2.20. The SMILES string of the molecule is Cc1ccc(C(=O)NC(C)c2nc3ccccc3n2Cc2ccc(C(C)(C)C)cc2)cc1. The molecule has 0 fully saturated rings. The van der Waals surface area contributed by atoms with E-state index in [4.69, 9.17) is 4.98 Å². The second kappa shape index (κ2) is 8.62. The minimum atomic E-state index is -0.231. The Morgan fingerprint density at radius 2 is 1.62 bits per heavy atom. The number of carbonyl (C=O) groups is 1. The van der Waals surface area contributed by atoms with Crippen molar-refractivity contribution in [3.8, 4) is 0 Å². The van der Waals surface area contributed by atoms with Crippen LogP contribution in [0.25, 0.3) is 11.0 Å². The van der Waals surface area contributed by atoms with E-state index < -0.39 is 0 Å². The zero-order valence-corrected chi connectivity index (χ0v) is 19.5. The van der Waals surface area contributed by atoms with Crippen molar-refractivity contribution in [2.75, 3.05) is 0 Å². The van der Waals surface area contributed by atoms with Gasteiger partial charge >= 0.3 is 0 Å². The van der Waals surface area contributed by atoms with Gasteiger partial charge in [0, 0.05) is 12.1 Å². The number of nitrogens with one attached hydrogen (secondary N) is 1. The molecule has 4 aromatic rings. The molecule has 32 heavy (non-hydrogen) atoms. The fourth-order valence-corrected chi connectivity index (χ4v) is 3.93. The van der Waals surface area contributed by atoms with Crippen LogP contribution < -0.4 is 5.32 Å². The van der Waals surface area contributed by atoms with Crippen molar-refractivity contribution in [3.63, 3.8) is 0 Å². The van der Waals surface area contributed by atoms with Gasteiger partial charge in [0.2, 0.25) is 0 Å². The number of hydrogen-bond donors (Lipinski definition) is 1. The number of rotatable bonds is 5. The molecule has 1 atom stereocenters. The van der Waals surface area contributed by atoms with Crippen molar-refractivity contribution < 1.29 is 4.79 Å². The third-order valence-corrected chi connectivity index (χ3v) is 5.89. The zero-order valence-electron chi connectivity index (χ0n) is 19.5. The Balaban J connectivity index is 1.64. The molecule has 1 heterocycles. The van der Waals surface area contributed by atoms with E-state index in [1.54, 1.807) is 0 Å². The van der Waals surface area contributed by atoms with Crippen molar-refractivity contribution in [1.82, 2.24) is 14.9 Å². The third-order valence-electron chi connectivity index (χ3n) is 5.89. The molecule has 4 rings (SSSR count). The third kappa shape index (κ3) is 4.59. The second-order valence-electron chi connectivity index (χ2n) is 9.55. The molecule has 164 valence electrons. The fraction of sp³-hybridized carbons (Fsp3) is 0.286. The molecule has 0 spiro atoms. The van der Waals surface area contributed by atoms with E-state index in [2.05, 4.69) is 61.0 Å². The van der Waals surface area contributed by atoms with Crippen molar-refractivity contribution in [1.29, 1.82) is 0 Å². The highest BCUT2D eigenvalue weighted by Gasteiger charge is 2.20. The summed E-state index contributed by atoms with van der Waals surface area (Å²) >= 11 is 0. The van der Waals surface area contributed by atoms with Crippen molar-refractivity contribution in [3.05, 3.63) is 101 Å². The van der Waals surface area contributed by atoms with Crippen LogP contribution in [0.15, 0.2) is 72.8 Å². The Labute approximate surface area is 190 Å². The van der Waals surface area contributed by atoms with Gasteiger partial charge in [-0.2, -0.15) is 0 Å². The van der Waals surface area contributed by atoms with Crippen LogP contribution in [0.4, 0.5) is 0 Å². The molecule has 1 N–H and O–H groups in total. The predicted octanol–water partition coefficient (Wildman–Crippen LogP) is 6.18. The maximum Gasteiger partial charge on any atom is 0.251 e. The van der Waals surface area contributed by atoms with E-state index in [1.165, 1.54) is 11.1 Å². The van der Waals surface area contributed by atoms with Crippen LogP contribution in [0.3, 0.4) is 0 Å². The Hall–Kier alpha value is -3.40. The Morgan fingerprint density at radius 3 is 2.28 bits per heavy atom. The van der Waals surface area contributed by atoms with Crippen molar-refractivity contribution >= 4 is 16.9 Å². The van der Waals surface area contributed by atoms with E-state index in [-0.39, 0.29) is 17.4 Å². The summed E-state index contributed by atoms with van der Waals surface area (Å²) in [6.07, 6.45) is 0. The molecule has 0 radical (unpaired) electrons. The van der Waals surface area contributed by atoms with Gasteiger partial charge in [-0.1, -0.05) is 74.9 Å². The number of carbonyl (C=O) groups excluding carboxylic acids is 1. The second-order valence-corrected chi connectivity index (χ2v) is 9.55. The van der Waals surface area contributed by atoms with Crippen LogP contribution in [0.2, 0.25) is 0 Å². The van der Waals surface area contributed by atoms with Gasteiger partial charge in [0.05, 0.1) is 17.1 Å². The number of benzene rings is 3. The minimum Gasteiger partial charge on any atom is -0.342 e. The van der Waals surface area contributed by atoms with Crippen LogP contribution in [-0.2, 0) is 12.0 Å². The average molecular weight is 426 g/mol. The molecule has 0 aliphatic carbocycles. The topological polar surface area (TPSA) is 46.9 Å². The van der Waals surface area contributed by atoms with Crippen LogP contribution in [0, 0.1) is 6.92 Å². The molecule has 0 aliphatic heterocycles. The molecule has 0 aliphatic rings. The zero-order chi connectivity index (χ0) is 22.9. The number of para-hydroxylation sites is 2. The molecular formula is C28H31N3O. The van der Waals surface area contributed by atoms with E-state index in [0.29, 0.717) is 12.1 Å². The molecule has 0 saturated heterocycles. The van der Waals surface area contributed by atoms with Gasteiger partial charge in [-0.25, -0.2) is 4.98 Å². The summed E-state index contributed by atoms with van der Waals surface area (Å²) in [5, 5.41) is 3.13. The lowest BCUT2D eigenvalue weighted by atomic mass is 9.87. The molecule has 0 bridgehead atoms. The first-order chi connectivity index (χ1) is 15.2. The molecule has 4 heteroatoms.